The number of rotatable bonds is 3. The second kappa shape index (κ2) is 5.21. The fourth-order valence-electron chi connectivity index (χ4n) is 1.73. The molecule has 0 aliphatic carbocycles. The molecular formula is C15H14N2. The van der Waals surface area contributed by atoms with Gasteiger partial charge >= 0.3 is 0 Å². The van der Waals surface area contributed by atoms with Gasteiger partial charge in [-0.1, -0.05) is 36.4 Å². The van der Waals surface area contributed by atoms with Crippen LogP contribution in [0.15, 0.2) is 59.7 Å². The normalized spacial score (nSPS) is 11.8. The first kappa shape index (κ1) is 11.3. The van der Waals surface area contributed by atoms with Gasteiger partial charge in [0.2, 0.25) is 0 Å². The highest BCUT2D eigenvalue weighted by Crippen LogP contribution is 2.25. The van der Waals surface area contributed by atoms with Crippen LogP contribution in [0.25, 0.3) is 11.3 Å². The lowest BCUT2D eigenvalue weighted by Gasteiger charge is -2.07. The summed E-state index contributed by atoms with van der Waals surface area (Å²) in [4.78, 5) is 8.45. The van der Waals surface area contributed by atoms with E-state index >= 15 is 0 Å². The van der Waals surface area contributed by atoms with E-state index in [1.165, 1.54) is 0 Å². The minimum Gasteiger partial charge on any atom is -0.264 e. The first-order valence-electron chi connectivity index (χ1n) is 5.47. The second-order valence-corrected chi connectivity index (χ2v) is 3.71. The van der Waals surface area contributed by atoms with Gasteiger partial charge in [0.05, 0.1) is 11.4 Å². The van der Waals surface area contributed by atoms with Crippen LogP contribution in [0.3, 0.4) is 0 Å². The van der Waals surface area contributed by atoms with Crippen LogP contribution in [-0.2, 0) is 0 Å². The van der Waals surface area contributed by atoms with E-state index in [1.54, 1.807) is 6.20 Å². The molecule has 1 aromatic heterocycles. The lowest BCUT2D eigenvalue weighted by atomic mass is 10.1. The molecule has 1 heterocycles. The van der Waals surface area contributed by atoms with Crippen LogP contribution < -0.4 is 0 Å². The third kappa shape index (κ3) is 2.48. The van der Waals surface area contributed by atoms with Gasteiger partial charge in [0.1, 0.15) is 0 Å². The van der Waals surface area contributed by atoms with Crippen molar-refractivity contribution in [3.63, 3.8) is 0 Å². The zero-order chi connectivity index (χ0) is 12.1. The Hall–Kier alpha value is -2.22. The van der Waals surface area contributed by atoms with Gasteiger partial charge in [-0.25, -0.2) is 0 Å². The van der Waals surface area contributed by atoms with Crippen LogP contribution in [0.4, 0.5) is 0 Å². The van der Waals surface area contributed by atoms with E-state index in [2.05, 4.69) is 16.7 Å². The molecule has 0 radical (unpaired) electrons. The third-order valence-corrected chi connectivity index (χ3v) is 2.61. The first-order chi connectivity index (χ1) is 8.33. The zero-order valence-electron chi connectivity index (χ0n) is 9.80. The van der Waals surface area contributed by atoms with Crippen LogP contribution in [0, 0.1) is 0 Å². The predicted molar refractivity (Wildman–Crippen MR) is 72.7 cm³/mol. The Morgan fingerprint density at radius 2 is 1.76 bits per heavy atom. The van der Waals surface area contributed by atoms with Crippen LogP contribution in [0.1, 0.15) is 18.2 Å². The lowest BCUT2D eigenvalue weighted by Crippen LogP contribution is -1.89. The van der Waals surface area contributed by atoms with Gasteiger partial charge in [0, 0.05) is 17.3 Å². The summed E-state index contributed by atoms with van der Waals surface area (Å²) in [5.74, 6) is 0. The van der Waals surface area contributed by atoms with Gasteiger partial charge in [0.25, 0.3) is 0 Å². The van der Waals surface area contributed by atoms with Crippen molar-refractivity contribution in [3.8, 4) is 0 Å². The van der Waals surface area contributed by atoms with E-state index in [-0.39, 0.29) is 0 Å². The van der Waals surface area contributed by atoms with Crippen LogP contribution in [0.2, 0.25) is 0 Å². The maximum absolute atomic E-state index is 4.33. The van der Waals surface area contributed by atoms with Crippen molar-refractivity contribution < 1.29 is 0 Å². The minimum atomic E-state index is 0.879. The Morgan fingerprint density at radius 3 is 2.35 bits per heavy atom. The van der Waals surface area contributed by atoms with Gasteiger partial charge in [-0.05, 0) is 25.8 Å². The molecule has 2 heteroatoms. The van der Waals surface area contributed by atoms with Crippen molar-refractivity contribution in [1.29, 1.82) is 0 Å². The summed E-state index contributed by atoms with van der Waals surface area (Å²) in [6.45, 7) is 5.66. The highest BCUT2D eigenvalue weighted by molar-refractivity contribution is 5.89. The summed E-state index contributed by atoms with van der Waals surface area (Å²) in [5.41, 5.74) is 3.90. The van der Waals surface area contributed by atoms with Gasteiger partial charge in [-0.15, -0.1) is 0 Å². The summed E-state index contributed by atoms with van der Waals surface area (Å²) in [6.07, 6.45) is 1.78. The second-order valence-electron chi connectivity index (χ2n) is 3.71. The Bertz CT molecular complexity index is 527. The Kier molecular flexibility index (Phi) is 3.46. The van der Waals surface area contributed by atoms with Crippen LogP contribution >= 0.6 is 0 Å². The van der Waals surface area contributed by atoms with Crippen LogP contribution in [0.5, 0.6) is 0 Å². The largest absolute Gasteiger partial charge is 0.264 e. The molecule has 2 nitrogen and oxygen atoms in total. The topological polar surface area (TPSA) is 25.2 Å². The maximum Gasteiger partial charge on any atom is 0.0745 e. The van der Waals surface area contributed by atoms with Crippen molar-refractivity contribution >= 4 is 18.0 Å². The molecule has 0 N–H and O–H groups in total. The van der Waals surface area contributed by atoms with Gasteiger partial charge in [0.15, 0.2) is 0 Å². The van der Waals surface area contributed by atoms with Crippen molar-refractivity contribution in [1.82, 2.24) is 4.98 Å². The van der Waals surface area contributed by atoms with Gasteiger partial charge in [-0.2, -0.15) is 0 Å². The molecule has 1 aromatic carbocycles. The molecule has 84 valence electrons. The summed E-state index contributed by atoms with van der Waals surface area (Å²) in [7, 11) is 0. The maximum atomic E-state index is 4.33. The summed E-state index contributed by atoms with van der Waals surface area (Å²) < 4.78 is 0. The molecule has 2 rings (SSSR count). The summed E-state index contributed by atoms with van der Waals surface area (Å²) in [5, 5.41) is 0. The Morgan fingerprint density at radius 1 is 1.06 bits per heavy atom. The number of nitrogens with zero attached hydrogens (tertiary/aromatic N) is 2. The average Bonchev–Trinajstić information content (AvgIpc) is 2.42. The van der Waals surface area contributed by atoms with E-state index < -0.39 is 0 Å². The van der Waals surface area contributed by atoms with E-state index in [1.807, 2.05) is 55.5 Å². The van der Waals surface area contributed by atoms with Crippen molar-refractivity contribution in [2.45, 2.75) is 6.92 Å². The third-order valence-electron chi connectivity index (χ3n) is 2.61. The van der Waals surface area contributed by atoms with E-state index in [0.29, 0.717) is 0 Å². The van der Waals surface area contributed by atoms with Crippen molar-refractivity contribution in [2.75, 3.05) is 0 Å². The number of allylic oxidation sites excluding steroid dienone is 1. The minimum absolute atomic E-state index is 0.879. The Labute approximate surface area is 101 Å². The lowest BCUT2D eigenvalue weighted by molar-refractivity contribution is 1.26. The molecule has 0 spiro atoms. The molecule has 0 aliphatic heterocycles. The van der Waals surface area contributed by atoms with Crippen LogP contribution in [-0.4, -0.2) is 11.7 Å². The number of hydrogen-bond donors (Lipinski definition) is 0. The quantitative estimate of drug-likeness (QED) is 0.727. The molecule has 17 heavy (non-hydrogen) atoms. The number of benzene rings is 1. The van der Waals surface area contributed by atoms with Crippen molar-refractivity contribution in [2.24, 2.45) is 4.99 Å². The number of aliphatic imine (C=N–C) groups is 1. The Balaban J connectivity index is 2.52. The average molecular weight is 222 g/mol. The molecule has 0 bridgehead atoms. The van der Waals surface area contributed by atoms with E-state index in [4.69, 9.17) is 0 Å². The SMILES string of the molecule is C=N/C(=C(/C)c1ccccn1)c1ccccc1. The van der Waals surface area contributed by atoms with E-state index in [0.717, 1.165) is 22.5 Å². The highest BCUT2D eigenvalue weighted by atomic mass is 14.7. The van der Waals surface area contributed by atoms with Gasteiger partial charge < -0.3 is 0 Å². The smallest absolute Gasteiger partial charge is 0.0745 e. The molecule has 0 fully saturated rings. The highest BCUT2D eigenvalue weighted by Gasteiger charge is 2.06. The number of aromatic nitrogens is 1. The molecular weight excluding hydrogens is 208 g/mol. The molecule has 0 saturated carbocycles. The van der Waals surface area contributed by atoms with Gasteiger partial charge in [-0.3, -0.25) is 9.98 Å². The first-order valence-corrected chi connectivity index (χ1v) is 5.47. The monoisotopic (exact) mass is 222 g/mol. The molecule has 2 aromatic rings. The fraction of sp³-hybridized carbons (Fsp3) is 0.0667. The standard InChI is InChI=1S/C15H14N2/c1-12(14-10-6-7-11-17-14)15(16-2)13-8-4-3-5-9-13/h3-11H,2H2,1H3/b15-12-. The fourth-order valence-corrected chi connectivity index (χ4v) is 1.73. The predicted octanol–water partition coefficient (Wildman–Crippen LogP) is 3.67. The number of pyridine rings is 1. The molecule has 0 atom stereocenters. The summed E-state index contributed by atoms with van der Waals surface area (Å²) in [6, 6.07) is 15.9. The van der Waals surface area contributed by atoms with E-state index in [9.17, 15) is 0 Å². The molecule has 0 aliphatic rings. The summed E-state index contributed by atoms with van der Waals surface area (Å²) >= 11 is 0. The molecule has 0 amide bonds. The zero-order valence-corrected chi connectivity index (χ0v) is 9.80. The number of hydrogen-bond acceptors (Lipinski definition) is 2. The molecule has 0 unspecified atom stereocenters. The van der Waals surface area contributed by atoms with Crippen molar-refractivity contribution in [3.05, 3.63) is 66.0 Å². The molecule has 0 saturated heterocycles.